The second-order valence-electron chi connectivity index (χ2n) is 10.2. The fourth-order valence-corrected chi connectivity index (χ4v) is 5.31. The number of Topliss-reactive ketones (excluding diaryl/α,β-unsaturated/α-hetero) is 1. The largest absolute Gasteiger partial charge is 0.507 e. The smallest absolute Gasteiger partial charge is 0.295 e. The Morgan fingerprint density at radius 1 is 1.07 bits per heavy atom. The number of benzene rings is 2. The second-order valence-corrected chi connectivity index (χ2v) is 10.2. The first-order valence-corrected chi connectivity index (χ1v) is 13.7. The minimum absolute atomic E-state index is 0.0321. The molecule has 0 radical (unpaired) electrons. The number of carbonyl (C=O) groups excluding carboxylic acids is 2. The van der Waals surface area contributed by atoms with Gasteiger partial charge in [0, 0.05) is 30.9 Å². The van der Waals surface area contributed by atoms with Crippen molar-refractivity contribution in [3.63, 3.8) is 0 Å². The van der Waals surface area contributed by atoms with Gasteiger partial charge in [-0.3, -0.25) is 14.6 Å². The van der Waals surface area contributed by atoms with Crippen LogP contribution in [0, 0.1) is 0 Å². The first-order valence-electron chi connectivity index (χ1n) is 13.7. The highest BCUT2D eigenvalue weighted by atomic mass is 16.5. The van der Waals surface area contributed by atoms with Crippen LogP contribution in [0.5, 0.6) is 17.2 Å². The molecule has 8 heteroatoms. The lowest BCUT2D eigenvalue weighted by Crippen LogP contribution is -2.29. The summed E-state index contributed by atoms with van der Waals surface area (Å²) in [6, 6.07) is 13.5. The van der Waals surface area contributed by atoms with Gasteiger partial charge in [-0.15, -0.1) is 0 Å². The number of hydrogen-bond acceptors (Lipinski definition) is 7. The molecule has 2 aromatic carbocycles. The lowest BCUT2D eigenvalue weighted by atomic mass is 9.94. The second kappa shape index (κ2) is 11.8. The van der Waals surface area contributed by atoms with Crippen LogP contribution in [0.3, 0.4) is 0 Å². The molecule has 0 spiro atoms. The number of aliphatic hydroxyl groups excluding tert-OH is 1. The normalized spacial score (nSPS) is 19.4. The van der Waals surface area contributed by atoms with Gasteiger partial charge in [0.2, 0.25) is 0 Å². The third-order valence-corrected chi connectivity index (χ3v) is 7.32. The van der Waals surface area contributed by atoms with Gasteiger partial charge in [0.05, 0.1) is 25.3 Å². The average Bonchev–Trinajstić information content (AvgIpc) is 3.46. The summed E-state index contributed by atoms with van der Waals surface area (Å²) in [5.41, 5.74) is 2.89. The van der Waals surface area contributed by atoms with Crippen LogP contribution in [-0.2, 0) is 22.6 Å². The van der Waals surface area contributed by atoms with E-state index < -0.39 is 17.7 Å². The van der Waals surface area contributed by atoms with E-state index in [0.717, 1.165) is 36.1 Å². The Hall–Kier alpha value is -4.33. The zero-order chi connectivity index (χ0) is 28.2. The van der Waals surface area contributed by atoms with Crippen LogP contribution in [0.25, 0.3) is 5.76 Å². The van der Waals surface area contributed by atoms with Crippen LogP contribution < -0.4 is 14.2 Å². The molecule has 0 saturated carbocycles. The van der Waals surface area contributed by atoms with Gasteiger partial charge in [0.15, 0.2) is 11.5 Å². The first-order chi connectivity index (χ1) is 19.4. The molecule has 2 aliphatic heterocycles. The minimum Gasteiger partial charge on any atom is -0.507 e. The lowest BCUT2D eigenvalue weighted by Gasteiger charge is -2.26. The van der Waals surface area contributed by atoms with E-state index in [-0.39, 0.29) is 24.0 Å². The molecule has 1 amide bonds. The summed E-state index contributed by atoms with van der Waals surface area (Å²) >= 11 is 0. The molecule has 2 aliphatic rings. The molecule has 3 aromatic rings. The van der Waals surface area contributed by atoms with Crippen LogP contribution in [0.2, 0.25) is 0 Å². The summed E-state index contributed by atoms with van der Waals surface area (Å²) in [7, 11) is 1.56. The molecule has 1 fully saturated rings. The van der Waals surface area contributed by atoms with E-state index >= 15 is 0 Å². The van der Waals surface area contributed by atoms with Crippen LogP contribution in [-0.4, -0.2) is 46.5 Å². The monoisotopic (exact) mass is 542 g/mol. The van der Waals surface area contributed by atoms with Gasteiger partial charge >= 0.3 is 0 Å². The van der Waals surface area contributed by atoms with Crippen LogP contribution in [0.15, 0.2) is 66.5 Å². The van der Waals surface area contributed by atoms with Gasteiger partial charge in [-0.25, -0.2) is 0 Å². The number of ether oxygens (including phenoxy) is 3. The van der Waals surface area contributed by atoms with Gasteiger partial charge in [0.25, 0.3) is 11.7 Å². The lowest BCUT2D eigenvalue weighted by molar-refractivity contribution is -0.140. The Kier molecular flexibility index (Phi) is 8.05. The Bertz CT molecular complexity index is 1430. The van der Waals surface area contributed by atoms with Gasteiger partial charge < -0.3 is 24.2 Å². The SMILES string of the molecule is CCCCCOc1ccc([C@@H]2C(=C(O)c3ccc4c(c3)C[C@@H](C)O4)C(=O)C(=O)N2Cc2ccncc2)cc1OC. The standard InChI is InChI=1S/C32H34N2O6/c1-4-5-6-15-39-26-10-7-22(18-27(26)38-3)29-28(30(35)23-8-9-25-24(17-23)16-20(2)40-25)31(36)32(37)34(29)19-21-11-13-33-14-12-21/h7-14,17-18,20,29,35H,4-6,15-16,19H2,1-3H3/t20-,29-/m1/s1. The average molecular weight is 543 g/mol. The van der Waals surface area contributed by atoms with E-state index in [1.165, 1.54) is 4.90 Å². The number of hydrogen-bond donors (Lipinski definition) is 1. The molecule has 1 N–H and O–H groups in total. The predicted molar refractivity (Wildman–Crippen MR) is 150 cm³/mol. The van der Waals surface area contributed by atoms with E-state index in [1.54, 1.807) is 55.9 Å². The molecule has 8 nitrogen and oxygen atoms in total. The number of fused-ring (bicyclic) bond motifs is 1. The van der Waals surface area contributed by atoms with Crippen molar-refractivity contribution in [2.24, 2.45) is 0 Å². The molecule has 1 saturated heterocycles. The Morgan fingerprint density at radius 2 is 1.88 bits per heavy atom. The predicted octanol–water partition coefficient (Wildman–Crippen LogP) is 5.60. The summed E-state index contributed by atoms with van der Waals surface area (Å²) < 4.78 is 17.4. The van der Waals surface area contributed by atoms with E-state index in [1.807, 2.05) is 19.1 Å². The number of methoxy groups -OCH3 is 1. The van der Waals surface area contributed by atoms with Gasteiger partial charge in [-0.05, 0) is 72.5 Å². The zero-order valence-electron chi connectivity index (χ0n) is 23.1. The fraction of sp³-hybridized carbons (Fsp3) is 0.344. The van der Waals surface area contributed by atoms with Crippen molar-refractivity contribution in [1.82, 2.24) is 9.88 Å². The first kappa shape index (κ1) is 27.2. The number of ketones is 1. The summed E-state index contributed by atoms with van der Waals surface area (Å²) in [5.74, 6) is 0.203. The highest BCUT2D eigenvalue weighted by molar-refractivity contribution is 6.46. The maximum atomic E-state index is 13.5. The summed E-state index contributed by atoms with van der Waals surface area (Å²) in [4.78, 5) is 32.5. The van der Waals surface area contributed by atoms with E-state index in [0.29, 0.717) is 35.7 Å². The Balaban J connectivity index is 1.58. The molecule has 2 atom stereocenters. The van der Waals surface area contributed by atoms with Crippen LogP contribution >= 0.6 is 0 Å². The molecule has 3 heterocycles. The van der Waals surface area contributed by atoms with E-state index in [9.17, 15) is 14.7 Å². The molecule has 0 bridgehead atoms. The van der Waals surface area contributed by atoms with Crippen molar-refractivity contribution in [2.45, 2.75) is 58.2 Å². The van der Waals surface area contributed by atoms with Crippen LogP contribution in [0.1, 0.15) is 61.4 Å². The quantitative estimate of drug-likeness (QED) is 0.154. The van der Waals surface area contributed by atoms with Crippen molar-refractivity contribution in [3.8, 4) is 17.2 Å². The third kappa shape index (κ3) is 5.39. The van der Waals surface area contributed by atoms with Crippen LogP contribution in [0.4, 0.5) is 0 Å². The number of carbonyl (C=O) groups is 2. The zero-order valence-corrected chi connectivity index (χ0v) is 23.1. The number of rotatable bonds is 10. The molecular formula is C32H34N2O6. The number of likely N-dealkylation sites (tertiary alicyclic amines) is 1. The highest BCUT2D eigenvalue weighted by Crippen LogP contribution is 2.43. The molecule has 5 rings (SSSR count). The van der Waals surface area contributed by atoms with E-state index in [4.69, 9.17) is 14.2 Å². The molecule has 0 aliphatic carbocycles. The molecule has 40 heavy (non-hydrogen) atoms. The van der Waals surface area contributed by atoms with Gasteiger partial charge in [-0.2, -0.15) is 0 Å². The van der Waals surface area contributed by atoms with Crippen molar-refractivity contribution in [1.29, 1.82) is 0 Å². The molecular weight excluding hydrogens is 508 g/mol. The summed E-state index contributed by atoms with van der Waals surface area (Å²) in [5, 5.41) is 11.5. The Labute approximate surface area is 234 Å². The maximum Gasteiger partial charge on any atom is 0.295 e. The fourth-order valence-electron chi connectivity index (χ4n) is 5.31. The maximum absolute atomic E-state index is 13.5. The third-order valence-electron chi connectivity index (χ3n) is 7.32. The highest BCUT2D eigenvalue weighted by Gasteiger charge is 2.46. The topological polar surface area (TPSA) is 98.2 Å². The summed E-state index contributed by atoms with van der Waals surface area (Å²) in [6.07, 6.45) is 7.10. The molecule has 208 valence electrons. The van der Waals surface area contributed by atoms with Gasteiger partial charge in [-0.1, -0.05) is 25.8 Å². The number of aromatic nitrogens is 1. The number of aliphatic hydroxyl groups is 1. The van der Waals surface area contributed by atoms with Crippen molar-refractivity contribution in [2.75, 3.05) is 13.7 Å². The van der Waals surface area contributed by atoms with Crippen molar-refractivity contribution in [3.05, 3.63) is 88.8 Å². The van der Waals surface area contributed by atoms with E-state index in [2.05, 4.69) is 11.9 Å². The Morgan fingerprint density at radius 3 is 2.62 bits per heavy atom. The summed E-state index contributed by atoms with van der Waals surface area (Å²) in [6.45, 7) is 4.84. The van der Waals surface area contributed by atoms with Gasteiger partial charge in [0.1, 0.15) is 17.6 Å². The number of pyridine rings is 1. The van der Waals surface area contributed by atoms with Crippen molar-refractivity contribution < 1.29 is 28.9 Å². The molecule has 0 unspecified atom stereocenters. The number of amides is 1. The number of nitrogens with zero attached hydrogens (tertiary/aromatic N) is 2. The molecule has 1 aromatic heterocycles. The number of unbranched alkanes of at least 4 members (excludes halogenated alkanes) is 2. The minimum atomic E-state index is -0.834. The van der Waals surface area contributed by atoms with Crippen molar-refractivity contribution >= 4 is 17.4 Å².